The molecule has 0 fully saturated rings. The van der Waals surface area contributed by atoms with Crippen LogP contribution < -0.4 is 4.90 Å². The van der Waals surface area contributed by atoms with Gasteiger partial charge in [-0.05, 0) is 50.5 Å². The molecule has 0 aliphatic carbocycles. The van der Waals surface area contributed by atoms with Gasteiger partial charge >= 0.3 is 0 Å². The summed E-state index contributed by atoms with van der Waals surface area (Å²) in [7, 11) is -3.37. The summed E-state index contributed by atoms with van der Waals surface area (Å²) in [5, 5.41) is 0.378. The van der Waals surface area contributed by atoms with Crippen molar-refractivity contribution in [2.45, 2.75) is 23.6 Å². The topological polar surface area (TPSA) is 108 Å². The molecule has 0 radical (unpaired) electrons. The van der Waals surface area contributed by atoms with Crippen LogP contribution in [0.1, 0.15) is 24.2 Å². The Bertz CT molecular complexity index is 1410. The minimum Gasteiger partial charge on any atom is -0.308 e. The van der Waals surface area contributed by atoms with E-state index in [0.29, 0.717) is 47.1 Å². The maximum Gasteiger partial charge on any atom is 0.260 e. The Hall–Kier alpha value is -2.38. The summed E-state index contributed by atoms with van der Waals surface area (Å²) < 4.78 is 52.0. The van der Waals surface area contributed by atoms with Crippen molar-refractivity contribution >= 4 is 52.5 Å². The largest absolute Gasteiger partial charge is 0.308 e. The normalized spacial score (nSPS) is 12.5. The number of nitrogens with zero attached hydrogens (tertiary/aromatic N) is 4. The Balaban J connectivity index is 2.02. The molecular formula is C23H30N4O5S3. The summed E-state index contributed by atoms with van der Waals surface area (Å²) in [4.78, 5) is 21.7. The van der Waals surface area contributed by atoms with E-state index in [1.807, 2.05) is 19.0 Å². The van der Waals surface area contributed by atoms with Gasteiger partial charge in [0.1, 0.15) is 5.52 Å². The second kappa shape index (κ2) is 10.7. The fraction of sp³-hybridized carbons (Fsp3) is 0.391. The molecule has 12 heteroatoms. The van der Waals surface area contributed by atoms with E-state index in [9.17, 15) is 21.6 Å². The zero-order valence-electron chi connectivity index (χ0n) is 20.4. The highest BCUT2D eigenvalue weighted by Crippen LogP contribution is 2.33. The fourth-order valence-corrected chi connectivity index (χ4v) is 6.92. The van der Waals surface area contributed by atoms with Gasteiger partial charge in [-0.3, -0.25) is 9.69 Å². The Morgan fingerprint density at radius 2 is 1.57 bits per heavy atom. The van der Waals surface area contributed by atoms with Gasteiger partial charge in [0, 0.05) is 38.0 Å². The zero-order valence-corrected chi connectivity index (χ0v) is 22.9. The molecular weight excluding hydrogens is 508 g/mol. The molecule has 0 aliphatic rings. The molecule has 3 aromatic rings. The molecule has 1 aromatic heterocycles. The van der Waals surface area contributed by atoms with E-state index >= 15 is 0 Å². The Kier molecular flexibility index (Phi) is 8.32. The number of benzene rings is 2. The van der Waals surface area contributed by atoms with Crippen molar-refractivity contribution in [3.63, 3.8) is 0 Å². The van der Waals surface area contributed by atoms with Crippen molar-refractivity contribution in [1.82, 2.24) is 14.2 Å². The molecule has 1 heterocycles. The SMILES string of the molecule is CCN(CC)S(=O)(=O)c1ccc(C(=O)N(CCN(C)C)c2nc3c(S(C)(=O)=O)cccc3s2)cc1. The average molecular weight is 539 g/mol. The minimum absolute atomic E-state index is 0.114. The molecule has 9 nitrogen and oxygen atoms in total. The van der Waals surface area contributed by atoms with Gasteiger partial charge in [0.05, 0.1) is 14.5 Å². The number of amides is 1. The molecule has 3 rings (SSSR count). The molecule has 0 N–H and O–H groups in total. The molecule has 190 valence electrons. The second-order valence-electron chi connectivity index (χ2n) is 8.25. The number of likely N-dealkylation sites (N-methyl/N-ethyl adjacent to an activating group) is 1. The summed E-state index contributed by atoms with van der Waals surface area (Å²) >= 11 is 1.24. The van der Waals surface area contributed by atoms with E-state index in [1.54, 1.807) is 26.0 Å². The number of carbonyl (C=O) groups excluding carboxylic acids is 1. The molecule has 2 aromatic carbocycles. The van der Waals surface area contributed by atoms with Crippen molar-refractivity contribution in [2.24, 2.45) is 0 Å². The van der Waals surface area contributed by atoms with Crippen molar-refractivity contribution in [1.29, 1.82) is 0 Å². The van der Waals surface area contributed by atoms with Crippen LogP contribution >= 0.6 is 11.3 Å². The van der Waals surface area contributed by atoms with E-state index in [4.69, 9.17) is 0 Å². The highest BCUT2D eigenvalue weighted by molar-refractivity contribution is 7.91. The predicted molar refractivity (Wildman–Crippen MR) is 140 cm³/mol. The van der Waals surface area contributed by atoms with Gasteiger partial charge in [0.2, 0.25) is 10.0 Å². The van der Waals surface area contributed by atoms with Gasteiger partial charge in [-0.15, -0.1) is 0 Å². The summed E-state index contributed by atoms with van der Waals surface area (Å²) in [5.41, 5.74) is 0.642. The van der Waals surface area contributed by atoms with Gasteiger partial charge < -0.3 is 4.90 Å². The molecule has 0 saturated carbocycles. The minimum atomic E-state index is -3.64. The van der Waals surface area contributed by atoms with Crippen LogP contribution in [-0.2, 0) is 19.9 Å². The molecule has 35 heavy (non-hydrogen) atoms. The number of sulfonamides is 1. The Morgan fingerprint density at radius 1 is 0.943 bits per heavy atom. The summed E-state index contributed by atoms with van der Waals surface area (Å²) in [6.45, 7) is 5.12. The van der Waals surface area contributed by atoms with Gasteiger partial charge in [-0.2, -0.15) is 4.31 Å². The molecule has 0 aliphatic heterocycles. The number of thiazole rings is 1. The first-order valence-electron chi connectivity index (χ1n) is 11.1. The van der Waals surface area contributed by atoms with Crippen LogP contribution in [0.3, 0.4) is 0 Å². The van der Waals surface area contributed by atoms with E-state index in [1.165, 1.54) is 50.9 Å². The summed E-state index contributed by atoms with van der Waals surface area (Å²) in [6.07, 6.45) is 1.13. The number of hydrogen-bond donors (Lipinski definition) is 0. The van der Waals surface area contributed by atoms with E-state index in [-0.39, 0.29) is 15.7 Å². The molecule has 0 unspecified atom stereocenters. The Morgan fingerprint density at radius 3 is 2.11 bits per heavy atom. The monoisotopic (exact) mass is 538 g/mol. The molecule has 0 bridgehead atoms. The number of anilines is 1. The first kappa shape index (κ1) is 27.2. The lowest BCUT2D eigenvalue weighted by Gasteiger charge is -2.22. The van der Waals surface area contributed by atoms with Crippen molar-refractivity contribution in [2.75, 3.05) is 51.4 Å². The van der Waals surface area contributed by atoms with Crippen LogP contribution in [0.4, 0.5) is 5.13 Å². The number of carbonyl (C=O) groups is 1. The lowest BCUT2D eigenvalue weighted by atomic mass is 10.2. The molecule has 1 amide bonds. The maximum absolute atomic E-state index is 13.5. The maximum atomic E-state index is 13.5. The summed E-state index contributed by atoms with van der Waals surface area (Å²) in [6, 6.07) is 10.8. The number of rotatable bonds is 10. The second-order valence-corrected chi connectivity index (χ2v) is 13.2. The highest BCUT2D eigenvalue weighted by atomic mass is 32.2. The van der Waals surface area contributed by atoms with Gasteiger partial charge in [-0.25, -0.2) is 21.8 Å². The van der Waals surface area contributed by atoms with E-state index < -0.39 is 19.9 Å². The van der Waals surface area contributed by atoms with Crippen molar-refractivity contribution in [3.8, 4) is 0 Å². The smallest absolute Gasteiger partial charge is 0.260 e. The van der Waals surface area contributed by atoms with Crippen LogP contribution in [0.25, 0.3) is 10.2 Å². The predicted octanol–water partition coefficient (Wildman–Crippen LogP) is 2.94. The average Bonchev–Trinajstić information content (AvgIpc) is 3.22. The third kappa shape index (κ3) is 5.89. The van der Waals surface area contributed by atoms with Crippen LogP contribution in [0.5, 0.6) is 0 Å². The number of sulfone groups is 1. The summed E-state index contributed by atoms with van der Waals surface area (Å²) in [5.74, 6) is -0.349. The van der Waals surface area contributed by atoms with Gasteiger partial charge in [0.25, 0.3) is 5.91 Å². The third-order valence-corrected chi connectivity index (χ3v) is 9.70. The van der Waals surface area contributed by atoms with E-state index in [0.717, 1.165) is 6.26 Å². The molecule has 0 spiro atoms. The lowest BCUT2D eigenvalue weighted by Crippen LogP contribution is -2.36. The first-order valence-corrected chi connectivity index (χ1v) is 15.2. The van der Waals surface area contributed by atoms with E-state index in [2.05, 4.69) is 4.98 Å². The molecule has 0 saturated heterocycles. The Labute approximate surface area is 211 Å². The zero-order chi connectivity index (χ0) is 26.0. The fourth-order valence-electron chi connectivity index (χ4n) is 3.55. The number of aromatic nitrogens is 1. The number of fused-ring (bicyclic) bond motifs is 1. The quantitative estimate of drug-likeness (QED) is 0.391. The van der Waals surface area contributed by atoms with Crippen molar-refractivity contribution < 1.29 is 21.6 Å². The van der Waals surface area contributed by atoms with Crippen LogP contribution in [0.2, 0.25) is 0 Å². The lowest BCUT2D eigenvalue weighted by molar-refractivity contribution is 0.0985. The molecule has 0 atom stereocenters. The van der Waals surface area contributed by atoms with Crippen LogP contribution in [0, 0.1) is 0 Å². The standard InChI is InChI=1S/C23H30N4O5S3/c1-6-26(7-2)35(31,32)18-13-11-17(12-14-18)22(28)27(16-15-25(3)4)23-24-21-19(33-23)9-8-10-20(21)34(5,29)30/h8-14H,6-7,15-16H2,1-5H3. The number of hydrogen-bond acceptors (Lipinski definition) is 8. The van der Waals surface area contributed by atoms with Gasteiger partial charge in [0.15, 0.2) is 15.0 Å². The van der Waals surface area contributed by atoms with Crippen molar-refractivity contribution in [3.05, 3.63) is 48.0 Å². The first-order chi connectivity index (χ1) is 16.4. The number of para-hydroxylation sites is 1. The highest BCUT2D eigenvalue weighted by Gasteiger charge is 2.25. The van der Waals surface area contributed by atoms with Crippen LogP contribution in [0.15, 0.2) is 52.3 Å². The third-order valence-electron chi connectivity index (χ3n) is 5.46. The van der Waals surface area contributed by atoms with Gasteiger partial charge in [-0.1, -0.05) is 31.3 Å². The van der Waals surface area contributed by atoms with Crippen LogP contribution in [-0.4, -0.2) is 83.5 Å².